The monoisotopic (exact) mass is 354 g/mol. The van der Waals surface area contributed by atoms with Crippen LogP contribution in [-0.2, 0) is 16.1 Å². The molecule has 2 fully saturated rings. The Kier molecular flexibility index (Phi) is 6.37. The number of carbonyl (C=O) groups excluding carboxylic acids is 1. The Bertz CT molecular complexity index is 586. The van der Waals surface area contributed by atoms with Crippen LogP contribution < -0.4 is 11.0 Å². The summed E-state index contributed by atoms with van der Waals surface area (Å²) in [6, 6.07) is 0.300. The lowest BCUT2D eigenvalue weighted by Crippen LogP contribution is -2.35. The Balaban J connectivity index is 1.50. The second-order valence-electron chi connectivity index (χ2n) is 6.60. The molecule has 1 unspecified atom stereocenters. The van der Waals surface area contributed by atoms with Gasteiger partial charge in [-0.2, -0.15) is 0 Å². The fourth-order valence-corrected chi connectivity index (χ4v) is 4.16. The lowest BCUT2D eigenvalue weighted by Gasteiger charge is -2.16. The predicted molar refractivity (Wildman–Crippen MR) is 92.2 cm³/mol. The van der Waals surface area contributed by atoms with Gasteiger partial charge >= 0.3 is 5.69 Å². The zero-order valence-corrected chi connectivity index (χ0v) is 14.8. The molecule has 2 heterocycles. The van der Waals surface area contributed by atoms with Crippen LogP contribution in [0.4, 0.5) is 0 Å². The number of hydrogen-bond donors (Lipinski definition) is 2. The third-order valence-electron chi connectivity index (χ3n) is 4.69. The Morgan fingerprint density at radius 1 is 1.25 bits per heavy atom. The van der Waals surface area contributed by atoms with E-state index in [2.05, 4.69) is 15.5 Å². The number of aromatic amines is 1. The van der Waals surface area contributed by atoms with Gasteiger partial charge in [0.15, 0.2) is 5.16 Å². The van der Waals surface area contributed by atoms with Gasteiger partial charge in [0.1, 0.15) is 0 Å². The van der Waals surface area contributed by atoms with E-state index < -0.39 is 0 Å². The van der Waals surface area contributed by atoms with Crippen LogP contribution in [0.25, 0.3) is 0 Å². The van der Waals surface area contributed by atoms with Gasteiger partial charge < -0.3 is 10.1 Å². The van der Waals surface area contributed by atoms with E-state index in [-0.39, 0.29) is 23.5 Å². The quantitative estimate of drug-likeness (QED) is 0.599. The fourth-order valence-electron chi connectivity index (χ4n) is 3.39. The number of ether oxygens (including phenoxy) is 1. The van der Waals surface area contributed by atoms with Gasteiger partial charge in [-0.05, 0) is 25.7 Å². The average molecular weight is 354 g/mol. The third-order valence-corrected chi connectivity index (χ3v) is 5.66. The van der Waals surface area contributed by atoms with E-state index >= 15 is 0 Å². The molecule has 0 aromatic carbocycles. The van der Waals surface area contributed by atoms with Gasteiger partial charge in [-0.25, -0.2) is 9.89 Å². The summed E-state index contributed by atoms with van der Waals surface area (Å²) in [5.74, 6) is 0.304. The second kappa shape index (κ2) is 8.71. The molecule has 0 bridgehead atoms. The van der Waals surface area contributed by atoms with Crippen LogP contribution in [0.2, 0.25) is 0 Å². The van der Waals surface area contributed by atoms with E-state index in [1.165, 1.54) is 37.4 Å². The normalized spacial score (nSPS) is 22.4. The number of nitrogens with one attached hydrogen (secondary N) is 2. The highest BCUT2D eigenvalue weighted by molar-refractivity contribution is 7.99. The molecule has 134 valence electrons. The Morgan fingerprint density at radius 2 is 2.04 bits per heavy atom. The van der Waals surface area contributed by atoms with Crippen molar-refractivity contribution in [1.29, 1.82) is 0 Å². The summed E-state index contributed by atoms with van der Waals surface area (Å²) in [5, 5.41) is 10.2. The maximum atomic E-state index is 12.2. The summed E-state index contributed by atoms with van der Waals surface area (Å²) in [5.41, 5.74) is -0.239. The maximum absolute atomic E-state index is 12.2. The number of amides is 1. The molecule has 24 heavy (non-hydrogen) atoms. The van der Waals surface area contributed by atoms with Crippen molar-refractivity contribution < 1.29 is 9.53 Å². The number of hydrogen-bond acceptors (Lipinski definition) is 5. The molecule has 0 radical (unpaired) electrons. The van der Waals surface area contributed by atoms with Crippen molar-refractivity contribution in [1.82, 2.24) is 20.1 Å². The minimum atomic E-state index is -0.239. The number of H-pyrrole nitrogens is 1. The molecule has 1 saturated carbocycles. The van der Waals surface area contributed by atoms with Crippen LogP contribution in [0.5, 0.6) is 0 Å². The molecular weight excluding hydrogens is 328 g/mol. The minimum Gasteiger partial charge on any atom is -0.376 e. The van der Waals surface area contributed by atoms with Crippen molar-refractivity contribution >= 4 is 17.7 Å². The van der Waals surface area contributed by atoms with Gasteiger partial charge in [0.2, 0.25) is 5.91 Å². The molecule has 1 aromatic rings. The van der Waals surface area contributed by atoms with E-state index in [0.717, 1.165) is 32.3 Å². The van der Waals surface area contributed by atoms with Gasteiger partial charge in [0, 0.05) is 12.6 Å². The molecule has 1 atom stereocenters. The Hall–Kier alpha value is -1.28. The standard InChI is InChI=1S/C16H26N4O3S/c21-14(17-12-6-3-1-2-4-7-12)11-24-16-19-18-15(22)20(16)10-13-8-5-9-23-13/h12-13H,1-11H2,(H,17,21)(H,18,22). The van der Waals surface area contributed by atoms with Crippen LogP contribution in [0, 0.1) is 0 Å². The molecule has 1 saturated heterocycles. The largest absolute Gasteiger partial charge is 0.376 e. The molecule has 0 spiro atoms. The zero-order valence-electron chi connectivity index (χ0n) is 14.0. The summed E-state index contributed by atoms with van der Waals surface area (Å²) >= 11 is 1.31. The molecule has 2 aliphatic rings. The third kappa shape index (κ3) is 4.86. The SMILES string of the molecule is O=C(CSc1n[nH]c(=O)n1CC1CCCO1)NC1CCCCCC1. The lowest BCUT2D eigenvalue weighted by molar-refractivity contribution is -0.119. The molecule has 7 nitrogen and oxygen atoms in total. The number of carbonyl (C=O) groups is 1. The highest BCUT2D eigenvalue weighted by Crippen LogP contribution is 2.19. The van der Waals surface area contributed by atoms with Crippen LogP contribution in [0.1, 0.15) is 51.4 Å². The van der Waals surface area contributed by atoms with Gasteiger partial charge in [0.05, 0.1) is 18.4 Å². The number of rotatable bonds is 6. The number of aromatic nitrogens is 3. The van der Waals surface area contributed by atoms with Crippen LogP contribution in [0.3, 0.4) is 0 Å². The molecule has 1 aromatic heterocycles. The highest BCUT2D eigenvalue weighted by Gasteiger charge is 2.20. The maximum Gasteiger partial charge on any atom is 0.344 e. The van der Waals surface area contributed by atoms with Crippen molar-refractivity contribution in [2.24, 2.45) is 0 Å². The van der Waals surface area contributed by atoms with Gasteiger partial charge in [0.25, 0.3) is 0 Å². The van der Waals surface area contributed by atoms with E-state index in [1.54, 1.807) is 4.57 Å². The zero-order chi connectivity index (χ0) is 16.8. The first-order valence-electron chi connectivity index (χ1n) is 8.91. The number of nitrogens with zero attached hydrogens (tertiary/aromatic N) is 2. The van der Waals surface area contributed by atoms with Crippen LogP contribution >= 0.6 is 11.8 Å². The topological polar surface area (TPSA) is 89.0 Å². The average Bonchev–Trinajstić information content (AvgIpc) is 3.12. The van der Waals surface area contributed by atoms with E-state index in [4.69, 9.17) is 4.74 Å². The molecule has 8 heteroatoms. The number of thioether (sulfide) groups is 1. The second-order valence-corrected chi connectivity index (χ2v) is 7.54. The van der Waals surface area contributed by atoms with Crippen molar-refractivity contribution in [3.8, 4) is 0 Å². The Labute approximate surface area is 145 Å². The van der Waals surface area contributed by atoms with Crippen LogP contribution in [-0.4, -0.2) is 45.2 Å². The van der Waals surface area contributed by atoms with Gasteiger partial charge in [-0.3, -0.25) is 9.36 Å². The molecular formula is C16H26N4O3S. The fraction of sp³-hybridized carbons (Fsp3) is 0.812. The molecule has 1 aliphatic heterocycles. The first-order valence-corrected chi connectivity index (χ1v) is 9.90. The highest BCUT2D eigenvalue weighted by atomic mass is 32.2. The van der Waals surface area contributed by atoms with Gasteiger partial charge in [-0.1, -0.05) is 37.4 Å². The predicted octanol–water partition coefficient (Wildman–Crippen LogP) is 1.68. The smallest absolute Gasteiger partial charge is 0.344 e. The van der Waals surface area contributed by atoms with Crippen molar-refractivity contribution in [2.45, 2.75) is 75.2 Å². The minimum absolute atomic E-state index is 0.0195. The summed E-state index contributed by atoms with van der Waals surface area (Å²) in [6.45, 7) is 1.26. The summed E-state index contributed by atoms with van der Waals surface area (Å²) < 4.78 is 7.17. The van der Waals surface area contributed by atoms with E-state index in [0.29, 0.717) is 17.7 Å². The van der Waals surface area contributed by atoms with E-state index in [1.807, 2.05) is 0 Å². The van der Waals surface area contributed by atoms with E-state index in [9.17, 15) is 9.59 Å². The molecule has 3 rings (SSSR count). The molecule has 1 aliphatic carbocycles. The summed E-state index contributed by atoms with van der Waals surface area (Å²) in [4.78, 5) is 24.1. The first kappa shape index (κ1) is 17.5. The lowest BCUT2D eigenvalue weighted by atomic mass is 10.1. The molecule has 1 amide bonds. The summed E-state index contributed by atoms with van der Waals surface area (Å²) in [6.07, 6.45) is 9.13. The van der Waals surface area contributed by atoms with Crippen molar-refractivity contribution in [3.63, 3.8) is 0 Å². The van der Waals surface area contributed by atoms with Crippen molar-refractivity contribution in [3.05, 3.63) is 10.5 Å². The first-order chi connectivity index (χ1) is 11.7. The molecule has 2 N–H and O–H groups in total. The van der Waals surface area contributed by atoms with Crippen LogP contribution in [0.15, 0.2) is 9.95 Å². The Morgan fingerprint density at radius 3 is 2.75 bits per heavy atom. The van der Waals surface area contributed by atoms with Gasteiger partial charge in [-0.15, -0.1) is 5.10 Å². The summed E-state index contributed by atoms with van der Waals surface area (Å²) in [7, 11) is 0. The van der Waals surface area contributed by atoms with Crippen molar-refractivity contribution in [2.75, 3.05) is 12.4 Å².